The molecule has 17 heteroatoms. The summed E-state index contributed by atoms with van der Waals surface area (Å²) >= 11 is 6.22. The summed E-state index contributed by atoms with van der Waals surface area (Å²) in [6.07, 6.45) is 5.61. The Labute approximate surface area is 279 Å². The van der Waals surface area contributed by atoms with Crippen molar-refractivity contribution < 1.29 is 33.4 Å². The first-order valence-corrected chi connectivity index (χ1v) is 15.1. The van der Waals surface area contributed by atoms with E-state index >= 15 is 0 Å². The highest BCUT2D eigenvalue weighted by Crippen LogP contribution is 2.35. The van der Waals surface area contributed by atoms with Gasteiger partial charge in [0.25, 0.3) is 0 Å². The Morgan fingerprint density at radius 3 is 2.56 bits per heavy atom. The van der Waals surface area contributed by atoms with Gasteiger partial charge in [0.1, 0.15) is 23.9 Å². The van der Waals surface area contributed by atoms with E-state index < -0.39 is 36.0 Å². The zero-order valence-corrected chi connectivity index (χ0v) is 26.9. The molecule has 0 saturated carbocycles. The first-order chi connectivity index (χ1) is 23.2. The molecule has 1 aliphatic rings. The summed E-state index contributed by atoms with van der Waals surface area (Å²) < 4.78 is 16.3. The lowest BCUT2D eigenvalue weighted by atomic mass is 10.0. The van der Waals surface area contributed by atoms with Gasteiger partial charge in [-0.2, -0.15) is 4.68 Å². The van der Waals surface area contributed by atoms with E-state index in [4.69, 9.17) is 30.8 Å². The van der Waals surface area contributed by atoms with Gasteiger partial charge in [0.2, 0.25) is 5.91 Å². The van der Waals surface area contributed by atoms with Crippen molar-refractivity contribution >= 4 is 53.0 Å². The van der Waals surface area contributed by atoms with E-state index in [0.717, 1.165) is 0 Å². The van der Waals surface area contributed by atoms with E-state index in [2.05, 4.69) is 36.5 Å². The molecule has 250 valence electrons. The minimum absolute atomic E-state index is 0.0258. The van der Waals surface area contributed by atoms with Crippen molar-refractivity contribution in [1.82, 2.24) is 35.5 Å². The number of hydrogen-bond donors (Lipinski definition) is 4. The molecule has 4 aromatic rings. The van der Waals surface area contributed by atoms with Gasteiger partial charge in [-0.15, -0.1) is 5.10 Å². The zero-order valence-electron chi connectivity index (χ0n) is 26.2. The molecule has 4 N–H and O–H groups in total. The van der Waals surface area contributed by atoms with Crippen molar-refractivity contribution in [3.8, 4) is 16.9 Å². The maximum absolute atomic E-state index is 13.3. The average Bonchev–Trinajstić information content (AvgIpc) is 3.78. The molecular formula is C31H32ClN9O7. The summed E-state index contributed by atoms with van der Waals surface area (Å²) in [5, 5.41) is 20.5. The largest absolute Gasteiger partial charge is 0.467 e. The summed E-state index contributed by atoms with van der Waals surface area (Å²) in [5.74, 6) is -1.33. The number of imidazole rings is 1. The standard InChI is InChI=1S/C31H32ClN9O7/c1-46-29(43)22-7-5-4-6-21(36-25(42)13-8-17-14-18(32)9-12-24(17)41-16-33-39-40-41)28-37-26(27(38-28)30(44)47-2)20-11-10-19(15-23(20)35-22)34-31(45)48-3/h8-16,21-22,35H,4-7H2,1-3H3,(H,34,45)(H,36,42)(H,37,38)/b13-8+/t21-,22+/m0/s1. The number of esters is 2. The highest BCUT2D eigenvalue weighted by Gasteiger charge is 2.29. The van der Waals surface area contributed by atoms with Crippen LogP contribution in [-0.2, 0) is 23.8 Å². The van der Waals surface area contributed by atoms with Crippen LogP contribution in [-0.4, -0.2) is 81.5 Å². The average molecular weight is 678 g/mol. The number of carbonyl (C=O) groups excluding carboxylic acids is 4. The Kier molecular flexibility index (Phi) is 10.6. The van der Waals surface area contributed by atoms with Crippen LogP contribution in [0.2, 0.25) is 5.02 Å². The van der Waals surface area contributed by atoms with Crippen molar-refractivity contribution in [2.45, 2.75) is 37.8 Å². The maximum atomic E-state index is 13.3. The van der Waals surface area contributed by atoms with E-state index in [1.54, 1.807) is 42.5 Å². The van der Waals surface area contributed by atoms with Gasteiger partial charge in [-0.25, -0.2) is 19.4 Å². The number of rotatable bonds is 7. The lowest BCUT2D eigenvalue weighted by Crippen LogP contribution is -2.31. The molecule has 2 atom stereocenters. The number of nitrogens with one attached hydrogen (secondary N) is 4. The van der Waals surface area contributed by atoms with E-state index in [9.17, 15) is 19.2 Å². The zero-order chi connectivity index (χ0) is 34.2. The van der Waals surface area contributed by atoms with Crippen molar-refractivity contribution in [3.05, 3.63) is 70.9 Å². The third-order valence-electron chi connectivity index (χ3n) is 7.52. The molecule has 1 aliphatic heterocycles. The molecular weight excluding hydrogens is 646 g/mol. The second kappa shape index (κ2) is 15.2. The molecule has 0 aliphatic carbocycles. The van der Waals surface area contributed by atoms with Gasteiger partial charge in [-0.05, 0) is 65.7 Å². The van der Waals surface area contributed by atoms with Crippen LogP contribution in [0.15, 0.2) is 48.8 Å². The number of aromatic amines is 1. The molecule has 2 amide bonds. The van der Waals surface area contributed by atoms with Crippen molar-refractivity contribution in [2.24, 2.45) is 0 Å². The Balaban J connectivity index is 1.52. The maximum Gasteiger partial charge on any atom is 0.411 e. The summed E-state index contributed by atoms with van der Waals surface area (Å²) in [4.78, 5) is 58.9. The summed E-state index contributed by atoms with van der Waals surface area (Å²) in [6.45, 7) is 0. The quantitative estimate of drug-likeness (QED) is 0.124. The normalized spacial score (nSPS) is 16.0. The second-order valence-electron chi connectivity index (χ2n) is 10.6. The molecule has 2 bridgehead atoms. The Bertz CT molecular complexity index is 1840. The molecule has 3 heterocycles. The fraction of sp³-hybridized carbons (Fsp3) is 0.290. The number of aromatic nitrogens is 6. The third-order valence-corrected chi connectivity index (χ3v) is 7.75. The number of methoxy groups -OCH3 is 3. The van der Waals surface area contributed by atoms with Gasteiger partial charge in [-0.3, -0.25) is 10.1 Å². The number of fused-ring (bicyclic) bond motifs is 4. The summed E-state index contributed by atoms with van der Waals surface area (Å²) in [6, 6.07) is 8.46. The number of hydrogen-bond acceptors (Lipinski definition) is 12. The number of nitrogens with zero attached hydrogens (tertiary/aromatic N) is 5. The molecule has 48 heavy (non-hydrogen) atoms. The molecule has 0 radical (unpaired) electrons. The minimum Gasteiger partial charge on any atom is -0.467 e. The van der Waals surface area contributed by atoms with Crippen LogP contribution in [0.3, 0.4) is 0 Å². The van der Waals surface area contributed by atoms with Gasteiger partial charge >= 0.3 is 18.0 Å². The molecule has 0 spiro atoms. The number of amides is 2. The number of H-pyrrole nitrogens is 1. The Morgan fingerprint density at radius 2 is 1.83 bits per heavy atom. The van der Waals surface area contributed by atoms with Crippen LogP contribution in [0.5, 0.6) is 0 Å². The fourth-order valence-electron chi connectivity index (χ4n) is 5.20. The van der Waals surface area contributed by atoms with Gasteiger partial charge in [-0.1, -0.05) is 24.4 Å². The summed E-state index contributed by atoms with van der Waals surface area (Å²) in [7, 11) is 3.76. The van der Waals surface area contributed by atoms with Crippen LogP contribution in [0, 0.1) is 0 Å². The Hall–Kier alpha value is -5.77. The van der Waals surface area contributed by atoms with Gasteiger partial charge in [0, 0.05) is 33.6 Å². The van der Waals surface area contributed by atoms with Crippen LogP contribution in [0.4, 0.5) is 16.2 Å². The monoisotopic (exact) mass is 677 g/mol. The molecule has 5 rings (SSSR count). The van der Waals surface area contributed by atoms with Crippen LogP contribution < -0.4 is 16.0 Å². The lowest BCUT2D eigenvalue weighted by molar-refractivity contribution is -0.141. The van der Waals surface area contributed by atoms with Crippen molar-refractivity contribution in [3.63, 3.8) is 0 Å². The predicted molar refractivity (Wildman–Crippen MR) is 173 cm³/mol. The van der Waals surface area contributed by atoms with Crippen LogP contribution in [0.1, 0.15) is 53.6 Å². The molecule has 2 aromatic carbocycles. The topological polar surface area (TPSA) is 204 Å². The highest BCUT2D eigenvalue weighted by atomic mass is 35.5. The molecule has 0 saturated heterocycles. The number of benzene rings is 2. The van der Waals surface area contributed by atoms with Crippen molar-refractivity contribution in [1.29, 1.82) is 0 Å². The highest BCUT2D eigenvalue weighted by molar-refractivity contribution is 6.30. The minimum atomic E-state index is -0.774. The van der Waals surface area contributed by atoms with Crippen LogP contribution in [0.25, 0.3) is 23.0 Å². The first-order valence-electron chi connectivity index (χ1n) is 14.7. The summed E-state index contributed by atoms with van der Waals surface area (Å²) in [5.41, 5.74) is 2.59. The Morgan fingerprint density at radius 1 is 1.02 bits per heavy atom. The molecule has 0 unspecified atom stereocenters. The second-order valence-corrected chi connectivity index (χ2v) is 11.0. The van der Waals surface area contributed by atoms with E-state index in [1.807, 2.05) is 0 Å². The van der Waals surface area contributed by atoms with Crippen molar-refractivity contribution in [2.75, 3.05) is 32.0 Å². The van der Waals surface area contributed by atoms with E-state index in [0.29, 0.717) is 64.7 Å². The van der Waals surface area contributed by atoms with E-state index in [-0.39, 0.29) is 11.4 Å². The van der Waals surface area contributed by atoms with Crippen LogP contribution >= 0.6 is 11.6 Å². The SMILES string of the molecule is COC(=O)Nc1ccc2c(c1)N[C@@H](C(=O)OC)CCCC[C@H](NC(=O)/C=C/c1cc(Cl)ccc1-n1cnnn1)c1nc-2c(C(=O)OC)[nH]1. The molecule has 2 aromatic heterocycles. The van der Waals surface area contributed by atoms with E-state index in [1.165, 1.54) is 38.4 Å². The first kappa shape index (κ1) is 33.6. The predicted octanol–water partition coefficient (Wildman–Crippen LogP) is 4.07. The smallest absolute Gasteiger partial charge is 0.411 e. The fourth-order valence-corrected chi connectivity index (χ4v) is 5.38. The number of carbonyl (C=O) groups is 4. The third kappa shape index (κ3) is 7.78. The lowest BCUT2D eigenvalue weighted by Gasteiger charge is -2.22. The number of anilines is 2. The van der Waals surface area contributed by atoms with Gasteiger partial charge in [0.05, 0.1) is 33.1 Å². The van der Waals surface area contributed by atoms with Gasteiger partial charge < -0.3 is 29.8 Å². The number of ether oxygens (including phenoxy) is 3. The number of halogens is 1. The molecule has 0 fully saturated rings. The van der Waals surface area contributed by atoms with Gasteiger partial charge in [0.15, 0.2) is 5.69 Å². The number of tetrazole rings is 1. The molecule has 16 nitrogen and oxygen atoms in total.